The summed E-state index contributed by atoms with van der Waals surface area (Å²) in [6.07, 6.45) is 0.861. The van der Waals surface area contributed by atoms with E-state index >= 15 is 0 Å². The molecule has 0 unspecified atom stereocenters. The first-order chi connectivity index (χ1) is 12.3. The van der Waals surface area contributed by atoms with Crippen molar-refractivity contribution in [3.63, 3.8) is 0 Å². The fourth-order valence-corrected chi connectivity index (χ4v) is 3.68. The Hall–Kier alpha value is -2.43. The third-order valence-corrected chi connectivity index (χ3v) is 5.08. The number of thiophene rings is 1. The summed E-state index contributed by atoms with van der Waals surface area (Å²) in [5, 5.41) is 7.21. The van der Waals surface area contributed by atoms with Crippen LogP contribution in [0.25, 0.3) is 0 Å². The summed E-state index contributed by atoms with van der Waals surface area (Å²) in [6.45, 7) is 1.10. The zero-order valence-corrected chi connectivity index (χ0v) is 14.9. The highest BCUT2D eigenvalue weighted by Crippen LogP contribution is 2.22. The molecule has 0 fully saturated rings. The van der Waals surface area contributed by atoms with Gasteiger partial charge in [0.05, 0.1) is 4.88 Å². The van der Waals surface area contributed by atoms with E-state index in [2.05, 4.69) is 52.4 Å². The molecule has 3 aromatic rings. The molecule has 1 heterocycles. The summed E-state index contributed by atoms with van der Waals surface area (Å²) < 4.78 is 0. The van der Waals surface area contributed by atoms with E-state index in [9.17, 15) is 4.79 Å². The fraction of sp³-hybridized carbons (Fsp3) is 0.190. The average Bonchev–Trinajstić information content (AvgIpc) is 3.18. The molecule has 0 bridgehead atoms. The molecule has 3 rings (SSSR count). The Bertz CT molecular complexity index is 757. The van der Waals surface area contributed by atoms with Crippen molar-refractivity contribution in [1.29, 1.82) is 0 Å². The molecule has 3 nitrogen and oxygen atoms in total. The Morgan fingerprint density at radius 2 is 1.68 bits per heavy atom. The second-order valence-corrected chi connectivity index (χ2v) is 6.91. The maximum atomic E-state index is 12.2. The Balaban J connectivity index is 1.52. The van der Waals surface area contributed by atoms with Crippen LogP contribution in [-0.2, 0) is 11.2 Å². The quantitative estimate of drug-likeness (QED) is 0.644. The number of hydrogen-bond donors (Lipinski definition) is 2. The van der Waals surface area contributed by atoms with E-state index in [4.69, 9.17) is 0 Å². The van der Waals surface area contributed by atoms with Gasteiger partial charge in [0.2, 0.25) is 0 Å². The van der Waals surface area contributed by atoms with Crippen LogP contribution in [-0.4, -0.2) is 19.0 Å². The van der Waals surface area contributed by atoms with E-state index in [1.807, 2.05) is 36.4 Å². The average molecular weight is 351 g/mol. The van der Waals surface area contributed by atoms with Crippen molar-refractivity contribution < 1.29 is 10.1 Å². The second-order valence-electron chi connectivity index (χ2n) is 5.93. The van der Waals surface area contributed by atoms with Crippen LogP contribution in [0.3, 0.4) is 0 Å². The normalized spacial score (nSPS) is 11.8. The molecule has 128 valence electrons. The van der Waals surface area contributed by atoms with Gasteiger partial charge in [-0.05, 0) is 23.4 Å². The number of quaternary nitrogens is 1. The molecule has 1 amide bonds. The molecule has 1 atom stereocenters. The fourth-order valence-electron chi connectivity index (χ4n) is 2.83. The van der Waals surface area contributed by atoms with Crippen LogP contribution in [0.5, 0.6) is 0 Å². The van der Waals surface area contributed by atoms with Gasteiger partial charge in [-0.15, -0.1) is 11.3 Å². The topological polar surface area (TPSA) is 45.7 Å². The van der Waals surface area contributed by atoms with Crippen LogP contribution in [0.15, 0.2) is 78.2 Å². The minimum absolute atomic E-state index is 0.0772. The molecule has 0 saturated carbocycles. The predicted molar refractivity (Wildman–Crippen MR) is 103 cm³/mol. The van der Waals surface area contributed by atoms with Crippen molar-refractivity contribution in [3.05, 3.63) is 94.2 Å². The van der Waals surface area contributed by atoms with Crippen molar-refractivity contribution in [1.82, 2.24) is 5.32 Å². The van der Waals surface area contributed by atoms with E-state index < -0.39 is 0 Å². The van der Waals surface area contributed by atoms with Gasteiger partial charge < -0.3 is 10.6 Å². The number of carbonyl (C=O) groups excluding carboxylic acids is 1. The van der Waals surface area contributed by atoms with Crippen LogP contribution in [0, 0.1) is 0 Å². The SMILES string of the molecule is O=C(C[NH2+][C@H](c1ccccc1)c1cccs1)NCCc1ccccc1. The van der Waals surface area contributed by atoms with E-state index in [-0.39, 0.29) is 11.9 Å². The summed E-state index contributed by atoms with van der Waals surface area (Å²) in [6, 6.07) is 24.9. The predicted octanol–water partition coefficient (Wildman–Crippen LogP) is 2.76. The van der Waals surface area contributed by atoms with Crippen LogP contribution in [0.2, 0.25) is 0 Å². The molecule has 0 aliphatic rings. The molecule has 1 aromatic heterocycles. The highest BCUT2D eigenvalue weighted by atomic mass is 32.1. The minimum atomic E-state index is 0.0772. The van der Waals surface area contributed by atoms with Gasteiger partial charge in [0.15, 0.2) is 6.54 Å². The first-order valence-corrected chi connectivity index (χ1v) is 9.43. The third-order valence-electron chi connectivity index (χ3n) is 4.13. The Morgan fingerprint density at radius 1 is 0.960 bits per heavy atom. The minimum Gasteiger partial charge on any atom is -0.351 e. The molecule has 3 N–H and O–H groups in total. The number of rotatable bonds is 8. The third kappa shape index (κ3) is 5.28. The van der Waals surface area contributed by atoms with Crippen molar-refractivity contribution in [2.24, 2.45) is 0 Å². The maximum Gasteiger partial charge on any atom is 0.275 e. The lowest BCUT2D eigenvalue weighted by Gasteiger charge is -2.14. The Kier molecular flexibility index (Phi) is 6.37. The molecule has 0 radical (unpaired) electrons. The van der Waals surface area contributed by atoms with Gasteiger partial charge in [0.25, 0.3) is 5.91 Å². The molecule has 25 heavy (non-hydrogen) atoms. The van der Waals surface area contributed by atoms with E-state index in [0.29, 0.717) is 13.1 Å². The summed E-state index contributed by atoms with van der Waals surface area (Å²) in [4.78, 5) is 13.5. The van der Waals surface area contributed by atoms with E-state index in [1.54, 1.807) is 11.3 Å². The second kappa shape index (κ2) is 9.16. The molecular formula is C21H23N2OS+. The van der Waals surface area contributed by atoms with Gasteiger partial charge in [0.1, 0.15) is 6.04 Å². The van der Waals surface area contributed by atoms with Crippen molar-refractivity contribution in [3.8, 4) is 0 Å². The first kappa shape index (κ1) is 17.4. The Morgan fingerprint density at radius 3 is 2.36 bits per heavy atom. The summed E-state index contributed by atoms with van der Waals surface area (Å²) in [5.74, 6) is 0.0772. The van der Waals surface area contributed by atoms with Gasteiger partial charge in [-0.25, -0.2) is 0 Å². The molecular weight excluding hydrogens is 328 g/mol. The van der Waals surface area contributed by atoms with E-state index in [1.165, 1.54) is 16.0 Å². The van der Waals surface area contributed by atoms with Crippen molar-refractivity contribution in [2.45, 2.75) is 12.5 Å². The lowest BCUT2D eigenvalue weighted by molar-refractivity contribution is -0.676. The molecule has 0 spiro atoms. The van der Waals surface area contributed by atoms with Crippen LogP contribution < -0.4 is 10.6 Å². The number of nitrogens with two attached hydrogens (primary N) is 1. The molecule has 0 aliphatic heterocycles. The van der Waals surface area contributed by atoms with Gasteiger partial charge in [0, 0.05) is 12.1 Å². The first-order valence-electron chi connectivity index (χ1n) is 8.55. The standard InChI is InChI=1S/C21H22N2OS/c24-20(22-14-13-17-8-3-1-4-9-17)16-23-21(19-12-7-15-25-19)18-10-5-2-6-11-18/h1-12,15,21,23H,13-14,16H2,(H,22,24)/p+1/t21-/m1/s1. The smallest absolute Gasteiger partial charge is 0.275 e. The lowest BCUT2D eigenvalue weighted by Crippen LogP contribution is -2.87. The van der Waals surface area contributed by atoms with Crippen LogP contribution >= 0.6 is 11.3 Å². The number of carbonyl (C=O) groups is 1. The molecule has 0 aliphatic carbocycles. The van der Waals surface area contributed by atoms with Crippen molar-refractivity contribution in [2.75, 3.05) is 13.1 Å². The number of amides is 1. The lowest BCUT2D eigenvalue weighted by atomic mass is 10.1. The van der Waals surface area contributed by atoms with Crippen LogP contribution in [0.4, 0.5) is 0 Å². The zero-order valence-electron chi connectivity index (χ0n) is 14.1. The zero-order chi connectivity index (χ0) is 17.3. The van der Waals surface area contributed by atoms with Crippen LogP contribution in [0.1, 0.15) is 22.0 Å². The van der Waals surface area contributed by atoms with E-state index in [0.717, 1.165) is 6.42 Å². The largest absolute Gasteiger partial charge is 0.351 e. The highest BCUT2D eigenvalue weighted by Gasteiger charge is 2.19. The summed E-state index contributed by atoms with van der Waals surface area (Å²) in [5.41, 5.74) is 2.47. The van der Waals surface area contributed by atoms with Crippen molar-refractivity contribution >= 4 is 17.2 Å². The number of benzene rings is 2. The van der Waals surface area contributed by atoms with Gasteiger partial charge in [-0.1, -0.05) is 66.7 Å². The maximum absolute atomic E-state index is 12.2. The van der Waals surface area contributed by atoms with Gasteiger partial charge >= 0.3 is 0 Å². The van der Waals surface area contributed by atoms with Gasteiger partial charge in [-0.2, -0.15) is 0 Å². The summed E-state index contributed by atoms with van der Waals surface area (Å²) >= 11 is 1.73. The summed E-state index contributed by atoms with van der Waals surface area (Å²) in [7, 11) is 0. The Labute approximate surface area is 152 Å². The highest BCUT2D eigenvalue weighted by molar-refractivity contribution is 7.10. The molecule has 4 heteroatoms. The number of nitrogens with one attached hydrogen (secondary N) is 1. The molecule has 0 saturated heterocycles. The number of hydrogen-bond acceptors (Lipinski definition) is 2. The van der Waals surface area contributed by atoms with Gasteiger partial charge in [-0.3, -0.25) is 4.79 Å². The monoisotopic (exact) mass is 351 g/mol. The molecule has 2 aromatic carbocycles.